The van der Waals surface area contributed by atoms with Crippen LogP contribution >= 0.6 is 11.3 Å². The average Bonchev–Trinajstić information content (AvgIpc) is 3.18. The van der Waals surface area contributed by atoms with Gasteiger partial charge in [0.05, 0.1) is 11.1 Å². The van der Waals surface area contributed by atoms with E-state index in [1.54, 1.807) is 12.1 Å². The molecule has 0 spiro atoms. The van der Waals surface area contributed by atoms with E-state index >= 15 is 0 Å². The lowest BCUT2D eigenvalue weighted by Gasteiger charge is -2.18. The molecule has 12 heteroatoms. The summed E-state index contributed by atoms with van der Waals surface area (Å²) in [5, 5.41) is 3.15. The number of sulfonamides is 1. The molecule has 0 unspecified atom stereocenters. The van der Waals surface area contributed by atoms with Gasteiger partial charge >= 0.3 is 6.03 Å². The Morgan fingerprint density at radius 2 is 2.00 bits per heavy atom. The third kappa shape index (κ3) is 5.96. The molecule has 3 rings (SSSR count). The van der Waals surface area contributed by atoms with Crippen LogP contribution in [0.25, 0.3) is 0 Å². The van der Waals surface area contributed by atoms with E-state index in [9.17, 15) is 22.0 Å². The van der Waals surface area contributed by atoms with E-state index in [1.165, 1.54) is 54.5 Å². The predicted molar refractivity (Wildman–Crippen MR) is 114 cm³/mol. The van der Waals surface area contributed by atoms with Crippen molar-refractivity contribution in [3.8, 4) is 10.8 Å². The molecule has 0 fully saturated rings. The summed E-state index contributed by atoms with van der Waals surface area (Å²) in [4.78, 5) is 17.7. The highest BCUT2D eigenvalue weighted by molar-refractivity contribution is 7.89. The summed E-state index contributed by atoms with van der Waals surface area (Å²) in [7, 11) is -2.44. The van der Waals surface area contributed by atoms with Crippen molar-refractivity contribution in [1.29, 1.82) is 0 Å². The highest BCUT2D eigenvalue weighted by atomic mass is 32.2. The molecule has 164 valence electrons. The molecule has 0 radical (unpaired) electrons. The van der Waals surface area contributed by atoms with Gasteiger partial charge < -0.3 is 4.74 Å². The summed E-state index contributed by atoms with van der Waals surface area (Å²) in [6, 6.07) is 10.7. The second-order valence-electron chi connectivity index (χ2n) is 6.12. The zero-order valence-corrected chi connectivity index (χ0v) is 17.8. The van der Waals surface area contributed by atoms with Gasteiger partial charge in [-0.2, -0.15) is 0 Å². The van der Waals surface area contributed by atoms with E-state index in [-0.39, 0.29) is 22.3 Å². The van der Waals surface area contributed by atoms with Crippen molar-refractivity contribution in [2.75, 3.05) is 30.5 Å². The molecule has 1 heterocycles. The van der Waals surface area contributed by atoms with Crippen molar-refractivity contribution in [3.05, 3.63) is 60.5 Å². The molecule has 2 aromatic carbocycles. The van der Waals surface area contributed by atoms with Crippen LogP contribution in [-0.2, 0) is 10.0 Å². The molecule has 2 N–H and O–H groups in total. The number of benzene rings is 2. The number of hydrogen-bond acceptors (Lipinski definition) is 6. The lowest BCUT2D eigenvalue weighted by Crippen LogP contribution is -2.31. The summed E-state index contributed by atoms with van der Waals surface area (Å²) in [5.41, 5.74) is 0.299. The van der Waals surface area contributed by atoms with Crippen LogP contribution < -0.4 is 19.7 Å². The number of aromatic nitrogens is 1. The van der Waals surface area contributed by atoms with E-state index in [2.05, 4.69) is 15.0 Å². The van der Waals surface area contributed by atoms with Crippen molar-refractivity contribution >= 4 is 38.2 Å². The SMILES string of the molecule is CN(C(=O)Nc1ncc(Oc2cccc(F)c2)s1)c1cccc(S(=O)(=O)NCCF)c1. The van der Waals surface area contributed by atoms with Crippen molar-refractivity contribution in [2.45, 2.75) is 4.90 Å². The van der Waals surface area contributed by atoms with Gasteiger partial charge in [-0.15, -0.1) is 0 Å². The van der Waals surface area contributed by atoms with E-state index in [0.717, 1.165) is 11.3 Å². The molecule has 3 aromatic rings. The third-order valence-electron chi connectivity index (χ3n) is 3.92. The standard InChI is InChI=1S/C19H18F2N4O4S2/c1-25(14-5-3-7-16(11-14)31(27,28)23-9-8-20)19(26)24-18-22-12-17(30-18)29-15-6-2-4-13(21)10-15/h2-7,10-12,23H,8-9H2,1H3,(H,22,24,26). The van der Waals surface area contributed by atoms with Crippen molar-refractivity contribution in [2.24, 2.45) is 0 Å². The van der Waals surface area contributed by atoms with Crippen LogP contribution in [0.4, 0.5) is 24.4 Å². The van der Waals surface area contributed by atoms with Gasteiger partial charge in [-0.25, -0.2) is 31.7 Å². The first-order valence-corrected chi connectivity index (χ1v) is 11.2. The van der Waals surface area contributed by atoms with Gasteiger partial charge in [-0.1, -0.05) is 23.5 Å². The van der Waals surface area contributed by atoms with Gasteiger partial charge in [0.15, 0.2) is 5.13 Å². The van der Waals surface area contributed by atoms with Gasteiger partial charge in [-0.3, -0.25) is 10.2 Å². The molecule has 0 aliphatic heterocycles. The monoisotopic (exact) mass is 468 g/mol. The fourth-order valence-corrected chi connectivity index (χ4v) is 4.14. The number of alkyl halides is 1. The normalized spacial score (nSPS) is 11.2. The minimum Gasteiger partial charge on any atom is -0.445 e. The molecule has 8 nitrogen and oxygen atoms in total. The lowest BCUT2D eigenvalue weighted by atomic mass is 10.3. The van der Waals surface area contributed by atoms with Crippen LogP contribution in [-0.4, -0.2) is 39.7 Å². The Hall–Kier alpha value is -3.09. The first kappa shape index (κ1) is 22.6. The summed E-state index contributed by atoms with van der Waals surface area (Å²) in [5.74, 6) is -0.153. The highest BCUT2D eigenvalue weighted by Gasteiger charge is 2.18. The number of urea groups is 1. The predicted octanol–water partition coefficient (Wildman–Crippen LogP) is 3.99. The number of halogens is 2. The number of ether oxygens (including phenoxy) is 1. The minimum absolute atomic E-state index is 0.0990. The van der Waals surface area contributed by atoms with Gasteiger partial charge in [0.1, 0.15) is 18.2 Å². The number of amides is 2. The molecule has 0 saturated carbocycles. The highest BCUT2D eigenvalue weighted by Crippen LogP contribution is 2.31. The second-order valence-corrected chi connectivity index (χ2v) is 8.88. The number of carbonyl (C=O) groups is 1. The zero-order chi connectivity index (χ0) is 22.4. The Kier molecular flexibility index (Phi) is 7.15. The number of rotatable bonds is 8. The Morgan fingerprint density at radius 1 is 1.23 bits per heavy atom. The molecule has 1 aromatic heterocycles. The first-order valence-electron chi connectivity index (χ1n) is 8.88. The molecule has 2 amide bonds. The number of anilines is 2. The average molecular weight is 469 g/mol. The van der Waals surface area contributed by atoms with E-state index in [1.807, 2.05) is 0 Å². The van der Waals surface area contributed by atoms with Crippen LogP contribution in [0.15, 0.2) is 59.6 Å². The van der Waals surface area contributed by atoms with E-state index < -0.39 is 28.5 Å². The van der Waals surface area contributed by atoms with Crippen LogP contribution in [0, 0.1) is 5.82 Å². The molecular formula is C19H18F2N4O4S2. The maximum atomic E-state index is 13.2. The summed E-state index contributed by atoms with van der Waals surface area (Å²) >= 11 is 1.04. The topological polar surface area (TPSA) is 101 Å². The van der Waals surface area contributed by atoms with E-state index in [0.29, 0.717) is 10.8 Å². The van der Waals surface area contributed by atoms with Crippen molar-refractivity contribution < 1.29 is 26.7 Å². The smallest absolute Gasteiger partial charge is 0.327 e. The Bertz CT molecular complexity index is 1170. The van der Waals surface area contributed by atoms with Crippen LogP contribution in [0.1, 0.15) is 0 Å². The molecule has 0 bridgehead atoms. The Balaban J connectivity index is 1.67. The Labute approximate surface area is 181 Å². The van der Waals surface area contributed by atoms with Crippen molar-refractivity contribution in [1.82, 2.24) is 9.71 Å². The summed E-state index contributed by atoms with van der Waals surface area (Å²) in [6.07, 6.45) is 1.38. The van der Waals surface area contributed by atoms with Crippen LogP contribution in [0.2, 0.25) is 0 Å². The van der Waals surface area contributed by atoms with Gasteiger partial charge in [0, 0.05) is 25.3 Å². The van der Waals surface area contributed by atoms with Crippen molar-refractivity contribution in [3.63, 3.8) is 0 Å². The fraction of sp³-hybridized carbons (Fsp3) is 0.158. The largest absolute Gasteiger partial charge is 0.445 e. The summed E-state index contributed by atoms with van der Waals surface area (Å²) < 4.78 is 57.5. The van der Waals surface area contributed by atoms with Gasteiger partial charge in [-0.05, 0) is 30.3 Å². The third-order valence-corrected chi connectivity index (χ3v) is 6.17. The van der Waals surface area contributed by atoms with Crippen LogP contribution in [0.5, 0.6) is 10.8 Å². The number of hydrogen-bond donors (Lipinski definition) is 2. The maximum absolute atomic E-state index is 13.2. The molecular weight excluding hydrogens is 450 g/mol. The summed E-state index contributed by atoms with van der Waals surface area (Å²) in [6.45, 7) is -1.17. The fourth-order valence-electron chi connectivity index (χ4n) is 2.42. The van der Waals surface area contributed by atoms with Crippen LogP contribution in [0.3, 0.4) is 0 Å². The molecule has 31 heavy (non-hydrogen) atoms. The molecule has 0 aliphatic rings. The molecule has 0 aliphatic carbocycles. The zero-order valence-electron chi connectivity index (χ0n) is 16.2. The minimum atomic E-state index is -3.89. The van der Waals surface area contributed by atoms with E-state index in [4.69, 9.17) is 4.74 Å². The maximum Gasteiger partial charge on any atom is 0.327 e. The Morgan fingerprint density at radius 3 is 2.74 bits per heavy atom. The number of nitrogens with zero attached hydrogens (tertiary/aromatic N) is 2. The number of nitrogens with one attached hydrogen (secondary N) is 2. The number of thiazole rings is 1. The number of carbonyl (C=O) groups excluding carboxylic acids is 1. The second kappa shape index (κ2) is 9.81. The first-order chi connectivity index (χ1) is 14.8. The van der Waals surface area contributed by atoms with Gasteiger partial charge in [0.25, 0.3) is 0 Å². The molecule has 0 saturated heterocycles. The van der Waals surface area contributed by atoms with Gasteiger partial charge in [0.2, 0.25) is 15.1 Å². The lowest BCUT2D eigenvalue weighted by molar-refractivity contribution is 0.258. The quantitative estimate of drug-likeness (QED) is 0.521. The molecule has 0 atom stereocenters.